The first-order valence-electron chi connectivity index (χ1n) is 8.92. The van der Waals surface area contributed by atoms with Gasteiger partial charge in [-0.2, -0.15) is 0 Å². The number of ether oxygens (including phenoxy) is 3. The lowest BCUT2D eigenvalue weighted by Gasteiger charge is -2.26. The summed E-state index contributed by atoms with van der Waals surface area (Å²) < 4.78 is 22.0. The van der Waals surface area contributed by atoms with Crippen molar-refractivity contribution in [1.29, 1.82) is 0 Å². The molecule has 2 aromatic heterocycles. The van der Waals surface area contributed by atoms with Gasteiger partial charge in [0.1, 0.15) is 5.76 Å². The van der Waals surface area contributed by atoms with Gasteiger partial charge in [0.05, 0.1) is 46.0 Å². The zero-order chi connectivity index (χ0) is 20.6. The molecule has 8 heteroatoms. The van der Waals surface area contributed by atoms with Crippen molar-refractivity contribution in [2.24, 2.45) is 0 Å². The van der Waals surface area contributed by atoms with Gasteiger partial charge in [-0.05, 0) is 48.6 Å². The fourth-order valence-electron chi connectivity index (χ4n) is 2.92. The summed E-state index contributed by atoms with van der Waals surface area (Å²) in [5.41, 5.74) is 1.70. The highest BCUT2D eigenvalue weighted by Crippen LogP contribution is 2.40. The van der Waals surface area contributed by atoms with Gasteiger partial charge in [-0.3, -0.25) is 4.98 Å². The van der Waals surface area contributed by atoms with Gasteiger partial charge in [0, 0.05) is 18.3 Å². The van der Waals surface area contributed by atoms with Crippen molar-refractivity contribution in [1.82, 2.24) is 9.88 Å². The molecule has 29 heavy (non-hydrogen) atoms. The molecule has 152 valence electrons. The molecule has 0 amide bonds. The fraction of sp³-hybridized carbons (Fsp3) is 0.238. The Morgan fingerprint density at radius 1 is 1.03 bits per heavy atom. The molecule has 2 heterocycles. The predicted molar refractivity (Wildman–Crippen MR) is 115 cm³/mol. The van der Waals surface area contributed by atoms with Crippen LogP contribution in [0.4, 0.5) is 5.69 Å². The molecule has 0 fully saturated rings. The number of furan rings is 1. The SMILES string of the molecule is COc1ccc(CN(Cc2ccco2)C(=S)Nc2cccnc2)c(OC)c1OC. The van der Waals surface area contributed by atoms with Crippen LogP contribution in [0.3, 0.4) is 0 Å². The van der Waals surface area contributed by atoms with Gasteiger partial charge in [0.2, 0.25) is 5.75 Å². The number of nitrogens with zero attached hydrogens (tertiary/aromatic N) is 2. The van der Waals surface area contributed by atoms with Crippen molar-refractivity contribution in [3.05, 3.63) is 66.4 Å². The Morgan fingerprint density at radius 3 is 2.48 bits per heavy atom. The topological polar surface area (TPSA) is 69.0 Å². The van der Waals surface area contributed by atoms with Crippen molar-refractivity contribution >= 4 is 23.0 Å². The minimum absolute atomic E-state index is 0.469. The van der Waals surface area contributed by atoms with E-state index in [2.05, 4.69) is 10.3 Å². The van der Waals surface area contributed by atoms with Crippen LogP contribution in [0.15, 0.2) is 59.5 Å². The molecule has 0 aliphatic carbocycles. The van der Waals surface area contributed by atoms with E-state index in [1.165, 1.54) is 0 Å². The molecule has 3 aromatic rings. The second-order valence-corrected chi connectivity index (χ2v) is 6.49. The van der Waals surface area contributed by atoms with E-state index in [-0.39, 0.29) is 0 Å². The van der Waals surface area contributed by atoms with E-state index in [0.29, 0.717) is 35.5 Å². The summed E-state index contributed by atoms with van der Waals surface area (Å²) in [6.07, 6.45) is 5.07. The van der Waals surface area contributed by atoms with Gasteiger partial charge in [-0.1, -0.05) is 0 Å². The molecule has 0 unspecified atom stereocenters. The first kappa shape index (κ1) is 20.5. The average Bonchev–Trinajstić information content (AvgIpc) is 3.26. The minimum Gasteiger partial charge on any atom is -0.493 e. The molecule has 0 spiro atoms. The number of pyridine rings is 1. The maximum absolute atomic E-state index is 5.67. The lowest BCUT2D eigenvalue weighted by Crippen LogP contribution is -2.33. The maximum atomic E-state index is 5.67. The normalized spacial score (nSPS) is 10.3. The molecule has 0 aliphatic rings. The highest BCUT2D eigenvalue weighted by atomic mass is 32.1. The van der Waals surface area contributed by atoms with Crippen LogP contribution in [0.2, 0.25) is 0 Å². The number of benzene rings is 1. The fourth-order valence-corrected chi connectivity index (χ4v) is 3.17. The highest BCUT2D eigenvalue weighted by molar-refractivity contribution is 7.80. The van der Waals surface area contributed by atoms with E-state index in [1.54, 1.807) is 40.0 Å². The third kappa shape index (κ3) is 4.97. The molecule has 0 saturated heterocycles. The lowest BCUT2D eigenvalue weighted by atomic mass is 10.1. The summed E-state index contributed by atoms with van der Waals surface area (Å²) in [6, 6.07) is 11.3. The Bertz CT molecular complexity index is 933. The summed E-state index contributed by atoms with van der Waals surface area (Å²) in [5.74, 6) is 2.53. The highest BCUT2D eigenvalue weighted by Gasteiger charge is 2.20. The van der Waals surface area contributed by atoms with Gasteiger partial charge in [-0.25, -0.2) is 0 Å². The Balaban J connectivity index is 1.89. The third-order valence-electron chi connectivity index (χ3n) is 4.27. The van der Waals surface area contributed by atoms with Crippen LogP contribution in [0, 0.1) is 0 Å². The van der Waals surface area contributed by atoms with Crippen LogP contribution < -0.4 is 19.5 Å². The molecular weight excluding hydrogens is 390 g/mol. The number of anilines is 1. The standard InChI is InChI=1S/C21H23N3O4S/c1-25-18-9-8-15(19(26-2)20(18)27-3)13-24(14-17-7-5-11-28-17)21(29)23-16-6-4-10-22-12-16/h4-12H,13-14H2,1-3H3,(H,23,29). The Hall–Kier alpha value is -3.26. The van der Waals surface area contributed by atoms with Gasteiger partial charge in [0.15, 0.2) is 16.6 Å². The van der Waals surface area contributed by atoms with Crippen LogP contribution in [-0.2, 0) is 13.1 Å². The molecule has 0 bridgehead atoms. The second-order valence-electron chi connectivity index (χ2n) is 6.10. The summed E-state index contributed by atoms with van der Waals surface area (Å²) >= 11 is 5.67. The van der Waals surface area contributed by atoms with Crippen LogP contribution >= 0.6 is 12.2 Å². The number of aromatic nitrogens is 1. The minimum atomic E-state index is 0.469. The number of nitrogens with one attached hydrogen (secondary N) is 1. The van der Waals surface area contributed by atoms with Crippen LogP contribution in [0.25, 0.3) is 0 Å². The molecule has 1 aromatic carbocycles. The number of rotatable bonds is 8. The maximum Gasteiger partial charge on any atom is 0.203 e. The van der Waals surface area contributed by atoms with E-state index in [1.807, 2.05) is 41.3 Å². The number of hydrogen-bond acceptors (Lipinski definition) is 6. The molecule has 0 saturated carbocycles. The predicted octanol–water partition coefficient (Wildman–Crippen LogP) is 4.10. The number of thiocarbonyl (C=S) groups is 1. The molecule has 7 nitrogen and oxygen atoms in total. The van der Waals surface area contributed by atoms with Gasteiger partial charge in [-0.15, -0.1) is 0 Å². The molecule has 3 rings (SSSR count). The molecule has 0 radical (unpaired) electrons. The third-order valence-corrected chi connectivity index (χ3v) is 4.63. The Kier molecular flexibility index (Phi) is 6.91. The molecule has 1 N–H and O–H groups in total. The zero-order valence-corrected chi connectivity index (χ0v) is 17.4. The van der Waals surface area contributed by atoms with Gasteiger partial charge >= 0.3 is 0 Å². The van der Waals surface area contributed by atoms with Crippen LogP contribution in [-0.4, -0.2) is 36.3 Å². The Labute approximate surface area is 175 Å². The van der Waals surface area contributed by atoms with Gasteiger partial charge in [0.25, 0.3) is 0 Å². The zero-order valence-electron chi connectivity index (χ0n) is 16.5. The smallest absolute Gasteiger partial charge is 0.203 e. The second kappa shape index (κ2) is 9.79. The molecular formula is C21H23N3O4S. The van der Waals surface area contributed by atoms with E-state index >= 15 is 0 Å². The van der Waals surface area contributed by atoms with E-state index < -0.39 is 0 Å². The number of methoxy groups -OCH3 is 3. The first-order valence-corrected chi connectivity index (χ1v) is 9.33. The van der Waals surface area contributed by atoms with E-state index in [4.69, 9.17) is 30.8 Å². The Morgan fingerprint density at radius 2 is 1.86 bits per heavy atom. The summed E-state index contributed by atoms with van der Waals surface area (Å²) in [5, 5.41) is 3.75. The summed E-state index contributed by atoms with van der Waals surface area (Å²) in [7, 11) is 4.77. The summed E-state index contributed by atoms with van der Waals surface area (Å²) in [4.78, 5) is 6.09. The molecule has 0 aliphatic heterocycles. The van der Waals surface area contributed by atoms with Crippen molar-refractivity contribution in [3.63, 3.8) is 0 Å². The average molecular weight is 413 g/mol. The van der Waals surface area contributed by atoms with Crippen molar-refractivity contribution in [2.75, 3.05) is 26.6 Å². The summed E-state index contributed by atoms with van der Waals surface area (Å²) in [6.45, 7) is 0.951. The van der Waals surface area contributed by atoms with Crippen molar-refractivity contribution < 1.29 is 18.6 Å². The van der Waals surface area contributed by atoms with Crippen LogP contribution in [0.5, 0.6) is 17.2 Å². The van der Waals surface area contributed by atoms with Crippen molar-refractivity contribution in [3.8, 4) is 17.2 Å². The van der Waals surface area contributed by atoms with Crippen LogP contribution in [0.1, 0.15) is 11.3 Å². The lowest BCUT2D eigenvalue weighted by molar-refractivity contribution is 0.313. The molecule has 0 atom stereocenters. The van der Waals surface area contributed by atoms with Gasteiger partial charge < -0.3 is 28.8 Å². The van der Waals surface area contributed by atoms with Crippen molar-refractivity contribution in [2.45, 2.75) is 13.1 Å². The monoisotopic (exact) mass is 413 g/mol. The van der Waals surface area contributed by atoms with E-state index in [9.17, 15) is 0 Å². The first-order chi connectivity index (χ1) is 14.2. The largest absolute Gasteiger partial charge is 0.493 e. The number of hydrogen-bond donors (Lipinski definition) is 1. The quantitative estimate of drug-likeness (QED) is 0.554. The van der Waals surface area contributed by atoms with E-state index in [0.717, 1.165) is 17.0 Å².